The quantitative estimate of drug-likeness (QED) is 0.617. The van der Waals surface area contributed by atoms with Gasteiger partial charge in [-0.1, -0.05) is 12.1 Å². The van der Waals surface area contributed by atoms with Gasteiger partial charge in [0.25, 0.3) is 0 Å². The minimum absolute atomic E-state index is 0.366. The van der Waals surface area contributed by atoms with Gasteiger partial charge in [-0.2, -0.15) is 0 Å². The van der Waals surface area contributed by atoms with E-state index in [1.54, 1.807) is 13.1 Å². The highest BCUT2D eigenvalue weighted by Gasteiger charge is 2.19. The van der Waals surface area contributed by atoms with Gasteiger partial charge in [0.2, 0.25) is 0 Å². The molecular weight excluding hydrogens is 150 g/mol. The molecule has 0 saturated carbocycles. The fourth-order valence-electron chi connectivity index (χ4n) is 1.73. The summed E-state index contributed by atoms with van der Waals surface area (Å²) >= 11 is 0. The van der Waals surface area contributed by atoms with Gasteiger partial charge >= 0.3 is 0 Å². The molecule has 0 saturated heterocycles. The van der Waals surface area contributed by atoms with Crippen molar-refractivity contribution >= 4 is 5.71 Å². The van der Waals surface area contributed by atoms with Gasteiger partial charge in [0.1, 0.15) is 5.75 Å². The molecule has 1 aliphatic carbocycles. The number of aliphatic imine (C=N–C) groups is 1. The molecule has 12 heavy (non-hydrogen) atoms. The molecule has 0 fully saturated rings. The molecule has 62 valence electrons. The largest absolute Gasteiger partial charge is 0.507 e. The Balaban J connectivity index is 2.63. The molecule has 1 aliphatic rings. The lowest BCUT2D eigenvalue weighted by molar-refractivity contribution is 0.474. The molecule has 1 aromatic rings. The van der Waals surface area contributed by atoms with Gasteiger partial charge in [0, 0.05) is 18.3 Å². The molecule has 0 bridgehead atoms. The van der Waals surface area contributed by atoms with Gasteiger partial charge in [0.05, 0.1) is 0 Å². The molecule has 0 unspecified atom stereocenters. The monoisotopic (exact) mass is 161 g/mol. The van der Waals surface area contributed by atoms with E-state index in [2.05, 4.69) is 4.99 Å². The van der Waals surface area contributed by atoms with Crippen LogP contribution in [0.3, 0.4) is 0 Å². The average molecular weight is 161 g/mol. The van der Waals surface area contributed by atoms with Crippen molar-refractivity contribution < 1.29 is 5.11 Å². The van der Waals surface area contributed by atoms with Gasteiger partial charge in [-0.25, -0.2) is 0 Å². The van der Waals surface area contributed by atoms with Crippen LogP contribution in [0.15, 0.2) is 23.2 Å². The molecule has 1 N–H and O–H groups in total. The summed E-state index contributed by atoms with van der Waals surface area (Å²) in [5, 5.41) is 9.55. The topological polar surface area (TPSA) is 32.6 Å². The number of nitrogens with zero attached hydrogens (tertiary/aromatic N) is 1. The van der Waals surface area contributed by atoms with E-state index in [-0.39, 0.29) is 0 Å². The second-order valence-electron chi connectivity index (χ2n) is 2.98. The zero-order chi connectivity index (χ0) is 8.55. The molecule has 2 heteroatoms. The molecule has 1 aromatic carbocycles. The fraction of sp³-hybridized carbons (Fsp3) is 0.300. The molecule has 2 rings (SSSR count). The van der Waals surface area contributed by atoms with Crippen LogP contribution in [0, 0.1) is 0 Å². The summed E-state index contributed by atoms with van der Waals surface area (Å²) in [7, 11) is 1.77. The van der Waals surface area contributed by atoms with Crippen LogP contribution in [0.4, 0.5) is 0 Å². The van der Waals surface area contributed by atoms with Crippen LogP contribution in [0.25, 0.3) is 0 Å². The van der Waals surface area contributed by atoms with E-state index in [1.165, 1.54) is 5.56 Å². The molecule has 0 aliphatic heterocycles. The molecule has 0 spiro atoms. The summed E-state index contributed by atoms with van der Waals surface area (Å²) in [6.07, 6.45) is 1.97. The zero-order valence-electron chi connectivity index (χ0n) is 7.04. The number of hydrogen-bond acceptors (Lipinski definition) is 2. The minimum atomic E-state index is 0.366. The van der Waals surface area contributed by atoms with E-state index in [4.69, 9.17) is 0 Å². The van der Waals surface area contributed by atoms with Gasteiger partial charge < -0.3 is 5.11 Å². The summed E-state index contributed by atoms with van der Waals surface area (Å²) in [5.41, 5.74) is 3.21. The molecule has 0 aromatic heterocycles. The van der Waals surface area contributed by atoms with Crippen LogP contribution in [0.1, 0.15) is 17.5 Å². The summed E-state index contributed by atoms with van der Waals surface area (Å²) < 4.78 is 0. The lowest BCUT2D eigenvalue weighted by atomic mass is 10.1. The van der Waals surface area contributed by atoms with Gasteiger partial charge in [-0.3, -0.25) is 4.99 Å². The Morgan fingerprint density at radius 3 is 2.92 bits per heavy atom. The summed E-state index contributed by atoms with van der Waals surface area (Å²) in [4.78, 5) is 4.15. The number of aryl methyl sites for hydroxylation is 1. The average Bonchev–Trinajstić information content (AvgIpc) is 2.49. The fourth-order valence-corrected chi connectivity index (χ4v) is 1.73. The van der Waals surface area contributed by atoms with Gasteiger partial charge in [0.15, 0.2) is 0 Å². The van der Waals surface area contributed by atoms with Crippen LogP contribution in [0.2, 0.25) is 0 Å². The van der Waals surface area contributed by atoms with Gasteiger partial charge in [-0.15, -0.1) is 0 Å². The smallest absolute Gasteiger partial charge is 0.124 e. The number of hydrogen-bond donors (Lipinski definition) is 1. The number of rotatable bonds is 0. The third-order valence-electron chi connectivity index (χ3n) is 2.32. The predicted molar refractivity (Wildman–Crippen MR) is 48.9 cm³/mol. The van der Waals surface area contributed by atoms with Crippen LogP contribution in [0.5, 0.6) is 5.75 Å². The second kappa shape index (κ2) is 2.63. The van der Waals surface area contributed by atoms with Crippen molar-refractivity contribution in [1.82, 2.24) is 0 Å². The summed E-state index contributed by atoms with van der Waals surface area (Å²) in [6.45, 7) is 0. The van der Waals surface area contributed by atoms with Crippen molar-refractivity contribution in [1.29, 1.82) is 0 Å². The first kappa shape index (κ1) is 7.35. The number of benzene rings is 1. The van der Waals surface area contributed by atoms with Crippen LogP contribution >= 0.6 is 0 Å². The summed E-state index contributed by atoms with van der Waals surface area (Å²) in [6, 6.07) is 5.65. The molecule has 0 atom stereocenters. The van der Waals surface area contributed by atoms with E-state index in [0.29, 0.717) is 5.75 Å². The highest BCUT2D eigenvalue weighted by molar-refractivity contribution is 6.06. The SMILES string of the molecule is CN=C1CCc2cccc(O)c21. The van der Waals surface area contributed by atoms with Crippen molar-refractivity contribution in [2.45, 2.75) is 12.8 Å². The Kier molecular flexibility index (Phi) is 1.61. The van der Waals surface area contributed by atoms with E-state index < -0.39 is 0 Å². The molecule has 2 nitrogen and oxygen atoms in total. The van der Waals surface area contributed by atoms with Crippen molar-refractivity contribution in [2.24, 2.45) is 4.99 Å². The number of phenols is 1. The lowest BCUT2D eigenvalue weighted by Crippen LogP contribution is -1.93. The van der Waals surface area contributed by atoms with Crippen molar-refractivity contribution in [3.63, 3.8) is 0 Å². The third-order valence-corrected chi connectivity index (χ3v) is 2.32. The van der Waals surface area contributed by atoms with E-state index in [1.807, 2.05) is 12.1 Å². The zero-order valence-corrected chi connectivity index (χ0v) is 7.04. The number of phenolic OH excluding ortho intramolecular Hbond substituents is 1. The van der Waals surface area contributed by atoms with E-state index >= 15 is 0 Å². The lowest BCUT2D eigenvalue weighted by Gasteiger charge is -2.01. The van der Waals surface area contributed by atoms with Gasteiger partial charge in [-0.05, 0) is 24.5 Å². The van der Waals surface area contributed by atoms with E-state index in [0.717, 1.165) is 24.1 Å². The normalized spacial score (nSPS) is 18.2. The second-order valence-corrected chi connectivity index (χ2v) is 2.98. The Labute approximate surface area is 71.6 Å². The van der Waals surface area contributed by atoms with Crippen LogP contribution < -0.4 is 0 Å². The Morgan fingerprint density at radius 2 is 2.17 bits per heavy atom. The molecule has 0 amide bonds. The van der Waals surface area contributed by atoms with Crippen molar-refractivity contribution in [3.05, 3.63) is 29.3 Å². The van der Waals surface area contributed by atoms with E-state index in [9.17, 15) is 5.11 Å². The Morgan fingerprint density at radius 1 is 1.33 bits per heavy atom. The van der Waals surface area contributed by atoms with Crippen molar-refractivity contribution in [3.8, 4) is 5.75 Å². The molecular formula is C10H11NO. The first-order valence-corrected chi connectivity index (χ1v) is 4.10. The standard InChI is InChI=1S/C10H11NO/c1-11-8-6-5-7-3-2-4-9(12)10(7)8/h2-4,12H,5-6H2,1H3. The maximum absolute atomic E-state index is 9.55. The molecule has 0 radical (unpaired) electrons. The third kappa shape index (κ3) is 0.916. The first-order valence-electron chi connectivity index (χ1n) is 4.10. The predicted octanol–water partition coefficient (Wildman–Crippen LogP) is 1.76. The van der Waals surface area contributed by atoms with Crippen LogP contribution in [-0.4, -0.2) is 17.9 Å². The summed E-state index contributed by atoms with van der Waals surface area (Å²) in [5.74, 6) is 0.366. The Hall–Kier alpha value is -1.31. The number of aromatic hydroxyl groups is 1. The van der Waals surface area contributed by atoms with Crippen LogP contribution in [-0.2, 0) is 6.42 Å². The maximum Gasteiger partial charge on any atom is 0.124 e. The maximum atomic E-state index is 9.55. The van der Waals surface area contributed by atoms with Crippen molar-refractivity contribution in [2.75, 3.05) is 7.05 Å². The number of fused-ring (bicyclic) bond motifs is 1. The first-order chi connectivity index (χ1) is 5.83. The highest BCUT2D eigenvalue weighted by Crippen LogP contribution is 2.29. The molecule has 0 heterocycles. The minimum Gasteiger partial charge on any atom is -0.507 e. The highest BCUT2D eigenvalue weighted by atomic mass is 16.3. The Bertz CT molecular complexity index is 342.